The fourth-order valence-corrected chi connectivity index (χ4v) is 3.95. The van der Waals surface area contributed by atoms with E-state index in [1.807, 2.05) is 43.3 Å². The molecule has 2 aromatic carbocycles. The molecule has 0 unspecified atom stereocenters. The van der Waals surface area contributed by atoms with Crippen molar-refractivity contribution < 1.29 is 18.9 Å². The maximum atomic E-state index is 6.12. The van der Waals surface area contributed by atoms with Crippen molar-refractivity contribution in [2.75, 3.05) is 46.1 Å². The van der Waals surface area contributed by atoms with Gasteiger partial charge in [-0.15, -0.1) is 0 Å². The van der Waals surface area contributed by atoms with Gasteiger partial charge in [0.2, 0.25) is 5.88 Å². The molecule has 1 aliphatic heterocycles. The molecule has 1 aromatic heterocycles. The third-order valence-corrected chi connectivity index (χ3v) is 5.63. The molecule has 4 rings (SSSR count). The first kappa shape index (κ1) is 22.0. The molecule has 1 aliphatic rings. The topological polar surface area (TPSA) is 65.9 Å². The molecule has 2 heterocycles. The molecule has 0 saturated carbocycles. The number of nitrogens with zero attached hydrogens (tertiary/aromatic N) is 3. The molecule has 0 radical (unpaired) electrons. The summed E-state index contributed by atoms with van der Waals surface area (Å²) in [4.78, 5) is 11.2. The monoisotopic (exact) mass is 532 g/mol. The highest BCUT2D eigenvalue weighted by Gasteiger charge is 2.14. The van der Waals surface area contributed by atoms with Gasteiger partial charge in [0, 0.05) is 29.3 Å². The number of rotatable bonds is 9. The molecule has 8 heteroatoms. The van der Waals surface area contributed by atoms with E-state index in [1.165, 1.54) is 6.33 Å². The molecule has 1 saturated heterocycles. The first-order valence-corrected chi connectivity index (χ1v) is 11.6. The average Bonchev–Trinajstić information content (AvgIpc) is 2.78. The summed E-state index contributed by atoms with van der Waals surface area (Å²) in [7, 11) is 0. The molecular weight excluding hydrogens is 506 g/mol. The maximum Gasteiger partial charge on any atom is 0.230 e. The van der Waals surface area contributed by atoms with Crippen molar-refractivity contribution in [1.82, 2.24) is 14.9 Å². The first-order valence-electron chi connectivity index (χ1n) is 10.5. The lowest BCUT2D eigenvalue weighted by Gasteiger charge is -2.26. The van der Waals surface area contributed by atoms with Gasteiger partial charge < -0.3 is 18.9 Å². The zero-order valence-corrected chi connectivity index (χ0v) is 19.7. The van der Waals surface area contributed by atoms with Gasteiger partial charge in [-0.25, -0.2) is 9.97 Å². The summed E-state index contributed by atoms with van der Waals surface area (Å²) >= 11 is 2.26. The van der Waals surface area contributed by atoms with E-state index in [9.17, 15) is 0 Å². The number of halogens is 1. The van der Waals surface area contributed by atoms with Gasteiger partial charge in [0.25, 0.3) is 0 Å². The molecule has 31 heavy (non-hydrogen) atoms. The second kappa shape index (κ2) is 10.9. The molecule has 164 valence electrons. The lowest BCUT2D eigenvalue weighted by molar-refractivity contribution is 0.0357. The van der Waals surface area contributed by atoms with Crippen molar-refractivity contribution >= 4 is 33.5 Å². The Labute approximate surface area is 195 Å². The second-order valence-corrected chi connectivity index (χ2v) is 8.39. The second-order valence-electron chi connectivity index (χ2n) is 7.14. The third kappa shape index (κ3) is 5.96. The summed E-state index contributed by atoms with van der Waals surface area (Å²) in [5.74, 6) is 2.58. The molecule has 0 N–H and O–H groups in total. The van der Waals surface area contributed by atoms with Gasteiger partial charge in [0.1, 0.15) is 12.1 Å². The predicted octanol–water partition coefficient (Wildman–Crippen LogP) is 4.53. The van der Waals surface area contributed by atoms with E-state index in [4.69, 9.17) is 18.9 Å². The number of ether oxygens (including phenoxy) is 4. The van der Waals surface area contributed by atoms with E-state index in [2.05, 4.69) is 37.5 Å². The summed E-state index contributed by atoms with van der Waals surface area (Å²) in [6.45, 7) is 7.68. The van der Waals surface area contributed by atoms with Gasteiger partial charge in [-0.2, -0.15) is 0 Å². The average molecular weight is 532 g/mol. The predicted molar refractivity (Wildman–Crippen MR) is 127 cm³/mol. The van der Waals surface area contributed by atoms with Crippen LogP contribution >= 0.6 is 22.6 Å². The van der Waals surface area contributed by atoms with Crippen LogP contribution in [0.15, 0.2) is 42.7 Å². The lowest BCUT2D eigenvalue weighted by Crippen LogP contribution is -2.37. The zero-order valence-electron chi connectivity index (χ0n) is 17.6. The fourth-order valence-electron chi connectivity index (χ4n) is 3.44. The van der Waals surface area contributed by atoms with E-state index in [1.54, 1.807) is 0 Å². The van der Waals surface area contributed by atoms with Crippen molar-refractivity contribution in [2.45, 2.75) is 13.3 Å². The molecule has 3 aromatic rings. The molecular formula is C23H26IN3O4. The van der Waals surface area contributed by atoms with E-state index < -0.39 is 0 Å². The van der Waals surface area contributed by atoms with Crippen LogP contribution in [0.3, 0.4) is 0 Å². The van der Waals surface area contributed by atoms with E-state index in [0.29, 0.717) is 30.6 Å². The third-order valence-electron chi connectivity index (χ3n) is 4.95. The van der Waals surface area contributed by atoms with Gasteiger partial charge in [0.05, 0.1) is 37.3 Å². The highest BCUT2D eigenvalue weighted by Crippen LogP contribution is 2.36. The Morgan fingerprint density at radius 2 is 1.90 bits per heavy atom. The number of fused-ring (bicyclic) bond motifs is 1. The number of benzene rings is 2. The largest absolute Gasteiger partial charge is 0.490 e. The van der Waals surface area contributed by atoms with Crippen LogP contribution in [0.1, 0.15) is 13.3 Å². The van der Waals surface area contributed by atoms with Crippen LogP contribution in [-0.4, -0.2) is 60.9 Å². The van der Waals surface area contributed by atoms with Gasteiger partial charge in [-0.05, 0) is 60.2 Å². The van der Waals surface area contributed by atoms with Crippen molar-refractivity contribution in [2.24, 2.45) is 0 Å². The minimum atomic E-state index is 0.494. The highest BCUT2D eigenvalue weighted by molar-refractivity contribution is 14.1. The fraction of sp³-hybridized carbons (Fsp3) is 0.391. The van der Waals surface area contributed by atoms with Crippen LogP contribution in [0.2, 0.25) is 0 Å². The van der Waals surface area contributed by atoms with E-state index in [-0.39, 0.29) is 0 Å². The number of aromatic nitrogens is 2. The molecule has 1 fully saturated rings. The van der Waals surface area contributed by atoms with Crippen LogP contribution in [0.4, 0.5) is 0 Å². The number of morpholine rings is 1. The summed E-state index contributed by atoms with van der Waals surface area (Å²) < 4.78 is 24.5. The maximum absolute atomic E-state index is 6.12. The summed E-state index contributed by atoms with van der Waals surface area (Å²) in [6, 6.07) is 11.6. The van der Waals surface area contributed by atoms with Crippen LogP contribution < -0.4 is 14.2 Å². The molecule has 0 bridgehead atoms. The minimum absolute atomic E-state index is 0.494. The standard InChI is InChI=1S/C23H26IN3O4/c1-2-29-22-15-20-19(14-21(22)30-10-4-7-27-8-11-28-12-9-27)23(26-16-25-20)31-18-6-3-5-17(24)13-18/h3,5-6,13-16H,2,4,7-12H2,1H3/i24-3. The molecule has 7 nitrogen and oxygen atoms in total. The number of hydrogen-bond acceptors (Lipinski definition) is 7. The Hall–Kier alpha value is -2.17. The Balaban J connectivity index is 1.52. The Morgan fingerprint density at radius 1 is 1.06 bits per heavy atom. The van der Waals surface area contributed by atoms with Gasteiger partial charge in [0.15, 0.2) is 11.5 Å². The van der Waals surface area contributed by atoms with Crippen LogP contribution in [-0.2, 0) is 4.74 Å². The minimum Gasteiger partial charge on any atom is -0.490 e. The van der Waals surface area contributed by atoms with Gasteiger partial charge in [-0.3, -0.25) is 4.90 Å². The first-order chi connectivity index (χ1) is 15.2. The van der Waals surface area contributed by atoms with E-state index >= 15 is 0 Å². The number of hydrogen-bond donors (Lipinski definition) is 0. The zero-order chi connectivity index (χ0) is 21.5. The van der Waals surface area contributed by atoms with Crippen LogP contribution in [0, 0.1) is 3.57 Å². The molecule has 0 atom stereocenters. The summed E-state index contributed by atoms with van der Waals surface area (Å²) in [5, 5.41) is 0.785. The van der Waals surface area contributed by atoms with Gasteiger partial charge >= 0.3 is 0 Å². The summed E-state index contributed by atoms with van der Waals surface area (Å²) in [5.41, 5.74) is 0.750. The molecule has 0 spiro atoms. The Morgan fingerprint density at radius 3 is 2.71 bits per heavy atom. The van der Waals surface area contributed by atoms with Crippen molar-refractivity contribution in [3.8, 4) is 23.1 Å². The highest BCUT2D eigenvalue weighted by atomic mass is 124. The quantitative estimate of drug-likeness (QED) is 0.297. The smallest absolute Gasteiger partial charge is 0.230 e. The molecule has 0 aliphatic carbocycles. The molecule has 0 amide bonds. The van der Waals surface area contributed by atoms with E-state index in [0.717, 1.165) is 59.5 Å². The Bertz CT molecular complexity index is 1010. The van der Waals surface area contributed by atoms with Crippen molar-refractivity contribution in [3.63, 3.8) is 0 Å². The summed E-state index contributed by atoms with van der Waals surface area (Å²) in [6.07, 6.45) is 2.44. The lowest BCUT2D eigenvalue weighted by atomic mass is 10.2. The normalized spacial score (nSPS) is 14.5. The SMILES string of the molecule is CCOc1cc2ncnc(Oc3cccc([124I])c3)c2cc1OCCCN1CCOCC1. The van der Waals surface area contributed by atoms with Gasteiger partial charge in [-0.1, -0.05) is 6.07 Å². The van der Waals surface area contributed by atoms with Crippen LogP contribution in [0.5, 0.6) is 23.1 Å². The van der Waals surface area contributed by atoms with Crippen LogP contribution in [0.25, 0.3) is 10.9 Å². The Kier molecular flexibility index (Phi) is 7.76. The van der Waals surface area contributed by atoms with Crippen molar-refractivity contribution in [3.05, 3.63) is 46.3 Å². The van der Waals surface area contributed by atoms with Crippen molar-refractivity contribution in [1.29, 1.82) is 0 Å².